The number of hydrogen-bond donors (Lipinski definition) is 0. The monoisotopic (exact) mass is 449 g/mol. The van der Waals surface area contributed by atoms with Gasteiger partial charge in [-0.1, -0.05) is 41.4 Å². The zero-order valence-corrected chi connectivity index (χ0v) is 16.8. The van der Waals surface area contributed by atoms with Crippen LogP contribution in [0.4, 0.5) is 9.18 Å². The second kappa shape index (κ2) is 7.67. The average molecular weight is 450 g/mol. The number of benzene rings is 2. The van der Waals surface area contributed by atoms with Crippen LogP contribution in [0.3, 0.4) is 0 Å². The molecule has 146 valence electrons. The summed E-state index contributed by atoms with van der Waals surface area (Å²) in [5.41, 5.74) is 0.000189. The van der Waals surface area contributed by atoms with Crippen molar-refractivity contribution in [3.05, 3.63) is 84.8 Å². The Morgan fingerprint density at radius 3 is 2.66 bits per heavy atom. The summed E-state index contributed by atoms with van der Waals surface area (Å²) in [6, 6.07) is 8.74. The molecular weight excluding hydrogens is 440 g/mol. The van der Waals surface area contributed by atoms with E-state index in [4.69, 9.17) is 27.6 Å². The Hall–Kier alpha value is -2.61. The quantitative estimate of drug-likeness (QED) is 0.495. The molecule has 0 aliphatic carbocycles. The molecule has 0 atom stereocenters. The lowest BCUT2D eigenvalue weighted by Crippen LogP contribution is -2.28. The third-order valence-corrected chi connectivity index (χ3v) is 5.67. The second-order valence-electron chi connectivity index (χ2n) is 6.14. The molecule has 0 unspecified atom stereocenters. The van der Waals surface area contributed by atoms with Crippen molar-refractivity contribution in [3.63, 3.8) is 0 Å². The first-order valence-corrected chi connectivity index (χ1v) is 9.81. The summed E-state index contributed by atoms with van der Waals surface area (Å²) < 4.78 is 19.3. The number of halogens is 3. The van der Waals surface area contributed by atoms with Gasteiger partial charge in [0.05, 0.1) is 27.4 Å². The summed E-state index contributed by atoms with van der Waals surface area (Å²) in [7, 11) is 0. The maximum atomic E-state index is 13.9. The van der Waals surface area contributed by atoms with Gasteiger partial charge in [-0.25, -0.2) is 4.39 Å². The van der Waals surface area contributed by atoms with Crippen LogP contribution in [0.25, 0.3) is 17.0 Å². The summed E-state index contributed by atoms with van der Waals surface area (Å²) in [5.74, 6) is -1.13. The van der Waals surface area contributed by atoms with Crippen LogP contribution in [0.15, 0.2) is 56.8 Å². The van der Waals surface area contributed by atoms with Gasteiger partial charge in [0, 0.05) is 10.6 Å². The normalized spacial score (nSPS) is 15.7. The molecule has 5 nitrogen and oxygen atoms in total. The number of thioether (sulfide) groups is 1. The molecular formula is C20H10Cl2FNO4S. The molecule has 29 heavy (non-hydrogen) atoms. The molecule has 1 aliphatic rings. The molecule has 9 heteroatoms. The fourth-order valence-corrected chi connectivity index (χ4v) is 4.22. The third kappa shape index (κ3) is 3.69. The maximum Gasteiger partial charge on any atom is 0.293 e. The Morgan fingerprint density at radius 1 is 1.14 bits per heavy atom. The number of carbonyl (C=O) groups is 2. The minimum absolute atomic E-state index is 0.0334. The molecule has 3 aromatic rings. The van der Waals surface area contributed by atoms with E-state index < -0.39 is 22.4 Å². The van der Waals surface area contributed by atoms with Gasteiger partial charge in [0.15, 0.2) is 11.0 Å². The Bertz CT molecular complexity index is 1270. The van der Waals surface area contributed by atoms with E-state index in [1.807, 2.05) is 0 Å². The van der Waals surface area contributed by atoms with E-state index in [2.05, 4.69) is 0 Å². The SMILES string of the molecule is O=C1S/C(=C\c2coc3c(Cl)cc(Cl)cc3c2=O)C(=O)N1Cc1ccccc1F. The highest BCUT2D eigenvalue weighted by Gasteiger charge is 2.35. The van der Waals surface area contributed by atoms with Crippen LogP contribution < -0.4 is 5.43 Å². The number of imide groups is 1. The molecule has 2 heterocycles. The van der Waals surface area contributed by atoms with Crippen molar-refractivity contribution in [2.24, 2.45) is 0 Å². The van der Waals surface area contributed by atoms with Crippen molar-refractivity contribution in [1.82, 2.24) is 4.90 Å². The van der Waals surface area contributed by atoms with E-state index >= 15 is 0 Å². The molecule has 0 saturated carbocycles. The number of nitrogens with zero attached hydrogens (tertiary/aromatic N) is 1. The van der Waals surface area contributed by atoms with Gasteiger partial charge in [0.1, 0.15) is 12.1 Å². The highest BCUT2D eigenvalue weighted by molar-refractivity contribution is 8.18. The van der Waals surface area contributed by atoms with Gasteiger partial charge in [-0.05, 0) is 36.0 Å². The minimum Gasteiger partial charge on any atom is -0.462 e. The van der Waals surface area contributed by atoms with Gasteiger partial charge in [-0.3, -0.25) is 19.3 Å². The summed E-state index contributed by atoms with van der Waals surface area (Å²) in [4.78, 5) is 38.6. The molecule has 1 aliphatic heterocycles. The maximum absolute atomic E-state index is 13.9. The Labute approximate surface area is 177 Å². The van der Waals surface area contributed by atoms with Crippen LogP contribution in [-0.2, 0) is 11.3 Å². The lowest BCUT2D eigenvalue weighted by Gasteiger charge is -2.12. The summed E-state index contributed by atoms with van der Waals surface area (Å²) in [5, 5.41) is 0.0427. The van der Waals surface area contributed by atoms with Gasteiger partial charge < -0.3 is 4.42 Å². The van der Waals surface area contributed by atoms with Crippen LogP contribution in [0.5, 0.6) is 0 Å². The van der Waals surface area contributed by atoms with Crippen molar-refractivity contribution in [3.8, 4) is 0 Å². The first-order chi connectivity index (χ1) is 13.8. The van der Waals surface area contributed by atoms with Crippen LogP contribution in [0.2, 0.25) is 10.0 Å². The average Bonchev–Trinajstić information content (AvgIpc) is 2.93. The Balaban J connectivity index is 1.70. The largest absolute Gasteiger partial charge is 0.462 e. The highest BCUT2D eigenvalue weighted by Crippen LogP contribution is 2.34. The van der Waals surface area contributed by atoms with Crippen molar-refractivity contribution >= 4 is 63.2 Å². The predicted octanol–water partition coefficient (Wildman–Crippen LogP) is 5.48. The molecule has 2 amide bonds. The van der Waals surface area contributed by atoms with Crippen LogP contribution in [0, 0.1) is 5.82 Å². The molecule has 0 spiro atoms. The standard InChI is InChI=1S/C20H10Cl2FNO4S/c21-12-6-13-17(25)11(9-28-18(13)14(22)7-12)5-16-19(26)24(20(27)29-16)8-10-3-1-2-4-15(10)23/h1-7,9H,8H2/b16-5-. The molecule has 1 saturated heterocycles. The first kappa shape index (κ1) is 19.7. The minimum atomic E-state index is -0.619. The van der Waals surface area contributed by atoms with Gasteiger partial charge in [0.2, 0.25) is 0 Å². The van der Waals surface area contributed by atoms with Crippen LogP contribution >= 0.6 is 35.0 Å². The fraction of sp³-hybridized carbons (Fsp3) is 0.0500. The smallest absolute Gasteiger partial charge is 0.293 e. The fourth-order valence-electron chi connectivity index (χ4n) is 2.85. The number of hydrogen-bond acceptors (Lipinski definition) is 5. The predicted molar refractivity (Wildman–Crippen MR) is 110 cm³/mol. The zero-order chi connectivity index (χ0) is 20.7. The van der Waals surface area contributed by atoms with Gasteiger partial charge in [-0.15, -0.1) is 0 Å². The second-order valence-corrected chi connectivity index (χ2v) is 7.98. The molecule has 0 bridgehead atoms. The Kier molecular flexibility index (Phi) is 5.21. The van der Waals surface area contributed by atoms with Crippen molar-refractivity contribution < 1.29 is 18.4 Å². The number of carbonyl (C=O) groups excluding carboxylic acids is 2. The third-order valence-electron chi connectivity index (χ3n) is 4.27. The van der Waals surface area contributed by atoms with Gasteiger partial charge in [0.25, 0.3) is 11.1 Å². The topological polar surface area (TPSA) is 67.6 Å². The summed E-state index contributed by atoms with van der Waals surface area (Å²) >= 11 is 12.7. The summed E-state index contributed by atoms with van der Waals surface area (Å²) in [6.07, 6.45) is 2.43. The molecule has 4 rings (SSSR count). The van der Waals surface area contributed by atoms with E-state index in [9.17, 15) is 18.8 Å². The van der Waals surface area contributed by atoms with E-state index in [1.165, 1.54) is 36.4 Å². The molecule has 1 fully saturated rings. The highest BCUT2D eigenvalue weighted by atomic mass is 35.5. The van der Waals surface area contributed by atoms with Crippen LogP contribution in [-0.4, -0.2) is 16.0 Å². The van der Waals surface area contributed by atoms with Crippen molar-refractivity contribution in [2.75, 3.05) is 0 Å². The van der Waals surface area contributed by atoms with Crippen molar-refractivity contribution in [1.29, 1.82) is 0 Å². The van der Waals surface area contributed by atoms with Crippen molar-refractivity contribution in [2.45, 2.75) is 6.54 Å². The number of amides is 2. The van der Waals surface area contributed by atoms with E-state index in [0.29, 0.717) is 11.8 Å². The lowest BCUT2D eigenvalue weighted by atomic mass is 10.1. The lowest BCUT2D eigenvalue weighted by molar-refractivity contribution is -0.123. The zero-order valence-electron chi connectivity index (χ0n) is 14.4. The molecule has 0 N–H and O–H groups in total. The van der Waals surface area contributed by atoms with Crippen LogP contribution in [0.1, 0.15) is 11.1 Å². The number of rotatable bonds is 3. The number of fused-ring (bicyclic) bond motifs is 1. The van der Waals surface area contributed by atoms with Gasteiger partial charge >= 0.3 is 0 Å². The summed E-state index contributed by atoms with van der Waals surface area (Å²) in [6.45, 7) is -0.202. The Morgan fingerprint density at radius 2 is 1.90 bits per heavy atom. The first-order valence-electron chi connectivity index (χ1n) is 8.24. The van der Waals surface area contributed by atoms with E-state index in [1.54, 1.807) is 6.07 Å². The molecule has 0 radical (unpaired) electrons. The molecule has 2 aromatic carbocycles. The van der Waals surface area contributed by atoms with E-state index in [0.717, 1.165) is 11.2 Å². The van der Waals surface area contributed by atoms with E-state index in [-0.39, 0.29) is 43.6 Å². The van der Waals surface area contributed by atoms with Gasteiger partial charge in [-0.2, -0.15) is 0 Å². The molecule has 1 aromatic heterocycles.